The van der Waals surface area contributed by atoms with Crippen LogP contribution >= 0.6 is 0 Å². The van der Waals surface area contributed by atoms with Crippen molar-refractivity contribution in [1.82, 2.24) is 0 Å². The Balaban J connectivity index is 1.83. The Kier molecular flexibility index (Phi) is 6.57. The van der Waals surface area contributed by atoms with Crippen LogP contribution in [0.5, 0.6) is 11.5 Å². The molecule has 0 fully saturated rings. The van der Waals surface area contributed by atoms with Crippen LogP contribution < -0.4 is 10.1 Å². The first-order valence-corrected chi connectivity index (χ1v) is 9.46. The van der Waals surface area contributed by atoms with Crippen LogP contribution in [0.3, 0.4) is 0 Å². The Hall–Kier alpha value is -3.25. The molecule has 0 aliphatic heterocycles. The van der Waals surface area contributed by atoms with Crippen molar-refractivity contribution in [2.24, 2.45) is 5.92 Å². The lowest BCUT2D eigenvalue weighted by atomic mass is 9.94. The van der Waals surface area contributed by atoms with E-state index >= 15 is 0 Å². The number of rotatable bonds is 7. The average molecular weight is 395 g/mol. The molecule has 6 nitrogen and oxygen atoms in total. The molecule has 3 rings (SSSR count). The first-order chi connectivity index (χ1) is 14.0. The number of aliphatic hydroxyl groups excluding tert-OH is 1. The summed E-state index contributed by atoms with van der Waals surface area (Å²) in [5, 5.41) is 24.2. The summed E-state index contributed by atoms with van der Waals surface area (Å²) < 4.78 is 10.8. The number of hydrogen-bond donors (Lipinski definition) is 3. The van der Waals surface area contributed by atoms with E-state index in [1.54, 1.807) is 12.1 Å². The summed E-state index contributed by atoms with van der Waals surface area (Å²) in [5.74, 6) is 0.137. The molecule has 0 unspecified atom stereocenters. The van der Waals surface area contributed by atoms with Gasteiger partial charge in [0.1, 0.15) is 6.10 Å². The van der Waals surface area contributed by atoms with Gasteiger partial charge in [0, 0.05) is 12.0 Å². The molecule has 29 heavy (non-hydrogen) atoms. The second-order valence-corrected chi connectivity index (χ2v) is 6.90. The molecule has 0 spiro atoms. The highest BCUT2D eigenvalue weighted by Gasteiger charge is 2.25. The molecule has 0 bridgehead atoms. The number of carbonyl (C=O) groups excluding carboxylic acids is 1. The van der Waals surface area contributed by atoms with E-state index in [-0.39, 0.29) is 18.3 Å². The Morgan fingerprint density at radius 3 is 2.59 bits per heavy atom. The first kappa shape index (κ1) is 20.5. The van der Waals surface area contributed by atoms with E-state index < -0.39 is 12.2 Å². The number of benzene rings is 3. The Bertz CT molecular complexity index is 983. The van der Waals surface area contributed by atoms with Crippen molar-refractivity contribution in [3.8, 4) is 11.5 Å². The number of anilines is 1. The molecule has 0 saturated carbocycles. The van der Waals surface area contributed by atoms with Gasteiger partial charge in [-0.15, -0.1) is 0 Å². The van der Waals surface area contributed by atoms with Gasteiger partial charge in [-0.3, -0.25) is 5.32 Å². The summed E-state index contributed by atoms with van der Waals surface area (Å²) >= 11 is 0. The van der Waals surface area contributed by atoms with Crippen molar-refractivity contribution in [1.29, 1.82) is 0 Å². The van der Waals surface area contributed by atoms with Crippen LogP contribution in [0.4, 0.5) is 10.5 Å². The molecule has 3 aromatic rings. The maximum atomic E-state index is 12.7. The van der Waals surface area contributed by atoms with E-state index in [0.717, 1.165) is 10.8 Å². The highest BCUT2D eigenvalue weighted by atomic mass is 16.6. The lowest BCUT2D eigenvalue weighted by molar-refractivity contribution is 0.0666. The molecule has 0 radical (unpaired) electrons. The molecule has 0 saturated heterocycles. The summed E-state index contributed by atoms with van der Waals surface area (Å²) in [6.07, 6.45) is -0.806. The zero-order chi connectivity index (χ0) is 20.8. The van der Waals surface area contributed by atoms with E-state index in [2.05, 4.69) is 5.32 Å². The minimum atomic E-state index is -0.645. The fourth-order valence-corrected chi connectivity index (χ4v) is 3.34. The van der Waals surface area contributed by atoms with E-state index in [0.29, 0.717) is 23.4 Å². The molecule has 6 heteroatoms. The average Bonchev–Trinajstić information content (AvgIpc) is 2.72. The van der Waals surface area contributed by atoms with Crippen LogP contribution in [-0.4, -0.2) is 30.0 Å². The van der Waals surface area contributed by atoms with Crippen LogP contribution in [0.25, 0.3) is 10.8 Å². The van der Waals surface area contributed by atoms with E-state index in [9.17, 15) is 15.0 Å². The fraction of sp³-hybridized carbons (Fsp3) is 0.261. The molecular formula is C23H25NO5. The summed E-state index contributed by atoms with van der Waals surface area (Å²) in [7, 11) is 1.47. The van der Waals surface area contributed by atoms with E-state index in [1.165, 1.54) is 13.2 Å². The van der Waals surface area contributed by atoms with Crippen LogP contribution in [0.2, 0.25) is 0 Å². The number of phenols is 1. The maximum Gasteiger partial charge on any atom is 0.412 e. The first-order valence-electron chi connectivity index (χ1n) is 9.46. The van der Waals surface area contributed by atoms with Gasteiger partial charge in [0.05, 0.1) is 12.8 Å². The molecule has 3 aromatic carbocycles. The summed E-state index contributed by atoms with van der Waals surface area (Å²) in [6, 6.07) is 18.3. The van der Waals surface area contributed by atoms with Crippen molar-refractivity contribution in [3.05, 3.63) is 66.2 Å². The van der Waals surface area contributed by atoms with Gasteiger partial charge >= 0.3 is 6.09 Å². The second kappa shape index (κ2) is 9.30. The van der Waals surface area contributed by atoms with Crippen molar-refractivity contribution in [2.45, 2.75) is 19.4 Å². The van der Waals surface area contributed by atoms with Gasteiger partial charge in [-0.05, 0) is 41.5 Å². The zero-order valence-electron chi connectivity index (χ0n) is 16.5. The highest BCUT2D eigenvalue weighted by Crippen LogP contribution is 2.35. The smallest absolute Gasteiger partial charge is 0.412 e. The summed E-state index contributed by atoms with van der Waals surface area (Å²) in [4.78, 5) is 12.7. The molecule has 3 N–H and O–H groups in total. The SMILES string of the molecule is COc1ccc([C@@H](OC(=O)Nc2cccc3ccccc23)[C@H](C)CCO)cc1O. The number of nitrogens with one attached hydrogen (secondary N) is 1. The van der Waals surface area contributed by atoms with Crippen molar-refractivity contribution < 1.29 is 24.5 Å². The quantitative estimate of drug-likeness (QED) is 0.532. The monoisotopic (exact) mass is 395 g/mol. The third kappa shape index (κ3) is 4.78. The molecule has 1 amide bonds. The van der Waals surface area contributed by atoms with Gasteiger partial charge in [-0.25, -0.2) is 4.79 Å². The van der Waals surface area contributed by atoms with Crippen molar-refractivity contribution in [3.63, 3.8) is 0 Å². The van der Waals surface area contributed by atoms with Gasteiger partial charge in [-0.2, -0.15) is 0 Å². The summed E-state index contributed by atoms with van der Waals surface area (Å²) in [6.45, 7) is 1.85. The Labute approximate surface area is 169 Å². The topological polar surface area (TPSA) is 88.0 Å². The molecule has 0 aromatic heterocycles. The number of methoxy groups -OCH3 is 1. The van der Waals surface area contributed by atoms with E-state index in [1.807, 2.05) is 49.4 Å². The van der Waals surface area contributed by atoms with Crippen molar-refractivity contribution in [2.75, 3.05) is 19.0 Å². The molecule has 152 valence electrons. The maximum absolute atomic E-state index is 12.7. The lowest BCUT2D eigenvalue weighted by Gasteiger charge is -2.25. The third-order valence-electron chi connectivity index (χ3n) is 4.89. The van der Waals surface area contributed by atoms with Crippen LogP contribution in [0.15, 0.2) is 60.7 Å². The van der Waals surface area contributed by atoms with Gasteiger partial charge in [0.2, 0.25) is 0 Å². The normalized spacial score (nSPS) is 12.9. The number of aromatic hydroxyl groups is 1. The predicted octanol–water partition coefficient (Wildman–Crippen LogP) is 4.86. The number of aliphatic hydroxyl groups is 1. The van der Waals surface area contributed by atoms with Gasteiger partial charge in [-0.1, -0.05) is 49.4 Å². The zero-order valence-corrected chi connectivity index (χ0v) is 16.5. The second-order valence-electron chi connectivity index (χ2n) is 6.90. The van der Waals surface area contributed by atoms with Crippen LogP contribution in [0.1, 0.15) is 25.0 Å². The minimum absolute atomic E-state index is 0.0336. The number of carbonyl (C=O) groups is 1. The molecule has 0 aliphatic carbocycles. The molecular weight excluding hydrogens is 370 g/mol. The Morgan fingerprint density at radius 2 is 1.86 bits per heavy atom. The standard InChI is InChI=1S/C23H25NO5/c1-15(12-13-25)22(17-10-11-21(28-2)20(26)14-17)29-23(27)24-19-9-5-7-16-6-3-4-8-18(16)19/h3-11,14-15,22,25-26H,12-13H2,1-2H3,(H,24,27)/t15-,22+/m1/s1. The number of hydrogen-bond acceptors (Lipinski definition) is 5. The predicted molar refractivity (Wildman–Crippen MR) is 112 cm³/mol. The van der Waals surface area contributed by atoms with Gasteiger partial charge in [0.15, 0.2) is 11.5 Å². The number of amides is 1. The van der Waals surface area contributed by atoms with E-state index in [4.69, 9.17) is 9.47 Å². The molecule has 0 heterocycles. The fourth-order valence-electron chi connectivity index (χ4n) is 3.34. The van der Waals surface area contributed by atoms with Gasteiger partial charge in [0.25, 0.3) is 0 Å². The Morgan fingerprint density at radius 1 is 1.10 bits per heavy atom. The van der Waals surface area contributed by atoms with Gasteiger partial charge < -0.3 is 19.7 Å². The number of fused-ring (bicyclic) bond motifs is 1. The largest absolute Gasteiger partial charge is 0.504 e. The van der Waals surface area contributed by atoms with Crippen molar-refractivity contribution >= 4 is 22.6 Å². The van der Waals surface area contributed by atoms with Crippen LogP contribution in [-0.2, 0) is 4.74 Å². The lowest BCUT2D eigenvalue weighted by Crippen LogP contribution is -2.22. The summed E-state index contributed by atoms with van der Waals surface area (Å²) in [5.41, 5.74) is 1.27. The minimum Gasteiger partial charge on any atom is -0.504 e. The number of phenolic OH excluding ortho intramolecular Hbond substituents is 1. The molecule has 2 atom stereocenters. The highest BCUT2D eigenvalue weighted by molar-refractivity contribution is 6.00. The molecule has 0 aliphatic rings. The number of ether oxygens (including phenoxy) is 2. The third-order valence-corrected chi connectivity index (χ3v) is 4.89. The van der Waals surface area contributed by atoms with Crippen LogP contribution in [0, 0.1) is 5.92 Å².